The van der Waals surface area contributed by atoms with E-state index in [0.29, 0.717) is 19.3 Å². The van der Waals surface area contributed by atoms with Crippen LogP contribution in [0.3, 0.4) is 0 Å². The van der Waals surface area contributed by atoms with E-state index in [-0.39, 0.29) is 11.4 Å². The Kier molecular flexibility index (Phi) is 3.38. The normalized spacial score (nSPS) is 29.1. The smallest absolute Gasteiger partial charge is 0.317 e. The van der Waals surface area contributed by atoms with Gasteiger partial charge < -0.3 is 15.0 Å². The van der Waals surface area contributed by atoms with Crippen LogP contribution in [0.5, 0.6) is 0 Å². The molecule has 0 aromatic heterocycles. The number of amides is 2. The first-order valence-corrected chi connectivity index (χ1v) is 6.23. The molecule has 1 heterocycles. The van der Waals surface area contributed by atoms with Crippen molar-refractivity contribution in [3.05, 3.63) is 0 Å². The van der Waals surface area contributed by atoms with Crippen LogP contribution in [0.1, 0.15) is 33.1 Å². The summed E-state index contributed by atoms with van der Waals surface area (Å²) in [6, 6.07) is 0.422. The monoisotopic (exact) mass is 226 g/mol. The van der Waals surface area contributed by atoms with Crippen LogP contribution in [0, 0.1) is 5.41 Å². The van der Waals surface area contributed by atoms with E-state index < -0.39 is 0 Å². The molecule has 1 N–H and O–H groups in total. The molecule has 0 aromatic carbocycles. The number of carbonyl (C=O) groups excluding carboxylic acids is 1. The third-order valence-electron chi connectivity index (χ3n) is 3.85. The Morgan fingerprint density at radius 2 is 2.06 bits per heavy atom. The minimum Gasteiger partial charge on any atom is -0.378 e. The standard InChI is InChI=1S/C12H22N2O2/c1-12(2)5-3-4-10(12)13-11(15)14-6-8-16-9-7-14/h10H,3-9H2,1-2H3,(H,13,15). The molecule has 0 aromatic rings. The second-order valence-electron chi connectivity index (χ2n) is 5.48. The number of nitrogens with one attached hydrogen (secondary N) is 1. The molecule has 1 saturated carbocycles. The molecule has 92 valence electrons. The number of ether oxygens (including phenoxy) is 1. The van der Waals surface area contributed by atoms with E-state index in [0.717, 1.165) is 19.5 Å². The van der Waals surface area contributed by atoms with Crippen molar-refractivity contribution >= 4 is 6.03 Å². The molecule has 4 heteroatoms. The predicted octanol–water partition coefficient (Wildman–Crippen LogP) is 1.61. The highest BCUT2D eigenvalue weighted by Gasteiger charge is 2.36. The average molecular weight is 226 g/mol. The molecule has 1 unspecified atom stereocenters. The zero-order chi connectivity index (χ0) is 11.6. The van der Waals surface area contributed by atoms with Crippen molar-refractivity contribution in [2.45, 2.75) is 39.2 Å². The fourth-order valence-corrected chi connectivity index (χ4v) is 2.60. The molecule has 4 nitrogen and oxygen atoms in total. The lowest BCUT2D eigenvalue weighted by molar-refractivity contribution is 0.0515. The molecule has 1 aliphatic heterocycles. The van der Waals surface area contributed by atoms with Crippen molar-refractivity contribution in [1.82, 2.24) is 10.2 Å². The largest absolute Gasteiger partial charge is 0.378 e. The minimum absolute atomic E-state index is 0.0864. The molecular formula is C12H22N2O2. The molecular weight excluding hydrogens is 204 g/mol. The van der Waals surface area contributed by atoms with Gasteiger partial charge in [0, 0.05) is 19.1 Å². The molecule has 1 aliphatic carbocycles. The Labute approximate surface area is 97.3 Å². The van der Waals surface area contributed by atoms with E-state index in [1.807, 2.05) is 4.90 Å². The number of hydrogen-bond donors (Lipinski definition) is 1. The first-order valence-electron chi connectivity index (χ1n) is 6.23. The first-order chi connectivity index (χ1) is 7.59. The van der Waals surface area contributed by atoms with Crippen LogP contribution in [0.4, 0.5) is 4.79 Å². The van der Waals surface area contributed by atoms with Crippen molar-refractivity contribution in [2.75, 3.05) is 26.3 Å². The summed E-state index contributed by atoms with van der Waals surface area (Å²) < 4.78 is 5.24. The quantitative estimate of drug-likeness (QED) is 0.738. The van der Waals surface area contributed by atoms with Gasteiger partial charge in [-0.25, -0.2) is 4.79 Å². The van der Waals surface area contributed by atoms with Gasteiger partial charge in [-0.3, -0.25) is 0 Å². The van der Waals surface area contributed by atoms with Gasteiger partial charge in [0.1, 0.15) is 0 Å². The van der Waals surface area contributed by atoms with E-state index in [1.165, 1.54) is 12.8 Å². The van der Waals surface area contributed by atoms with E-state index in [2.05, 4.69) is 19.2 Å². The van der Waals surface area contributed by atoms with Crippen LogP contribution in [0.25, 0.3) is 0 Å². The van der Waals surface area contributed by atoms with Gasteiger partial charge in [0.15, 0.2) is 0 Å². The second-order valence-corrected chi connectivity index (χ2v) is 5.48. The lowest BCUT2D eigenvalue weighted by atomic mass is 9.87. The Balaban J connectivity index is 1.86. The van der Waals surface area contributed by atoms with Crippen LogP contribution < -0.4 is 5.32 Å². The third kappa shape index (κ3) is 2.48. The number of morpholine rings is 1. The number of nitrogens with zero attached hydrogens (tertiary/aromatic N) is 1. The molecule has 1 saturated heterocycles. The summed E-state index contributed by atoms with van der Waals surface area (Å²) in [5, 5.41) is 3.17. The lowest BCUT2D eigenvalue weighted by Gasteiger charge is -2.32. The lowest BCUT2D eigenvalue weighted by Crippen LogP contribution is -2.51. The van der Waals surface area contributed by atoms with Crippen molar-refractivity contribution < 1.29 is 9.53 Å². The average Bonchev–Trinajstić information content (AvgIpc) is 2.59. The van der Waals surface area contributed by atoms with Crippen LogP contribution >= 0.6 is 0 Å². The van der Waals surface area contributed by atoms with E-state index in [4.69, 9.17) is 4.74 Å². The SMILES string of the molecule is CC1(C)CCCC1NC(=O)N1CCOCC1. The van der Waals surface area contributed by atoms with Gasteiger partial charge in [-0.05, 0) is 18.3 Å². The Morgan fingerprint density at radius 3 is 2.62 bits per heavy atom. The summed E-state index contributed by atoms with van der Waals surface area (Å²) in [5.41, 5.74) is 0.252. The van der Waals surface area contributed by atoms with Gasteiger partial charge in [-0.2, -0.15) is 0 Å². The van der Waals surface area contributed by atoms with Crippen molar-refractivity contribution in [3.63, 3.8) is 0 Å². The molecule has 0 radical (unpaired) electrons. The molecule has 2 aliphatic rings. The summed E-state index contributed by atoms with van der Waals surface area (Å²) in [4.78, 5) is 13.9. The number of carbonyl (C=O) groups is 1. The number of hydrogen-bond acceptors (Lipinski definition) is 2. The van der Waals surface area contributed by atoms with Gasteiger partial charge in [0.2, 0.25) is 0 Å². The summed E-state index contributed by atoms with van der Waals surface area (Å²) in [6.45, 7) is 7.26. The van der Waals surface area contributed by atoms with Crippen LogP contribution in [0.2, 0.25) is 0 Å². The Bertz CT molecular complexity index is 260. The van der Waals surface area contributed by atoms with Gasteiger partial charge in [0.05, 0.1) is 13.2 Å². The van der Waals surface area contributed by atoms with Crippen molar-refractivity contribution in [1.29, 1.82) is 0 Å². The van der Waals surface area contributed by atoms with E-state index in [9.17, 15) is 4.79 Å². The highest BCUT2D eigenvalue weighted by molar-refractivity contribution is 5.74. The van der Waals surface area contributed by atoms with E-state index in [1.54, 1.807) is 0 Å². The molecule has 2 amide bonds. The Hall–Kier alpha value is -0.770. The van der Waals surface area contributed by atoms with Gasteiger partial charge >= 0.3 is 6.03 Å². The summed E-state index contributed by atoms with van der Waals surface area (Å²) in [7, 11) is 0. The summed E-state index contributed by atoms with van der Waals surface area (Å²) in [5.74, 6) is 0. The summed E-state index contributed by atoms with van der Waals surface area (Å²) >= 11 is 0. The number of rotatable bonds is 1. The second kappa shape index (κ2) is 4.62. The van der Waals surface area contributed by atoms with Gasteiger partial charge in [0.25, 0.3) is 0 Å². The zero-order valence-electron chi connectivity index (χ0n) is 10.3. The van der Waals surface area contributed by atoms with Crippen LogP contribution in [0.15, 0.2) is 0 Å². The van der Waals surface area contributed by atoms with Crippen LogP contribution in [-0.4, -0.2) is 43.3 Å². The predicted molar refractivity (Wildman–Crippen MR) is 62.3 cm³/mol. The molecule has 1 atom stereocenters. The molecule has 0 spiro atoms. The highest BCUT2D eigenvalue weighted by Crippen LogP contribution is 2.37. The maximum absolute atomic E-state index is 12.0. The van der Waals surface area contributed by atoms with Gasteiger partial charge in [-0.1, -0.05) is 20.3 Å². The molecule has 0 bridgehead atoms. The fraction of sp³-hybridized carbons (Fsp3) is 0.917. The van der Waals surface area contributed by atoms with Crippen molar-refractivity contribution in [3.8, 4) is 0 Å². The Morgan fingerprint density at radius 1 is 1.38 bits per heavy atom. The summed E-state index contributed by atoms with van der Waals surface area (Å²) in [6.07, 6.45) is 3.55. The molecule has 16 heavy (non-hydrogen) atoms. The van der Waals surface area contributed by atoms with Gasteiger partial charge in [-0.15, -0.1) is 0 Å². The minimum atomic E-state index is 0.0864. The molecule has 2 rings (SSSR count). The fourth-order valence-electron chi connectivity index (χ4n) is 2.60. The highest BCUT2D eigenvalue weighted by atomic mass is 16.5. The third-order valence-corrected chi connectivity index (χ3v) is 3.85. The maximum Gasteiger partial charge on any atom is 0.317 e. The first kappa shape index (κ1) is 11.7. The number of urea groups is 1. The van der Waals surface area contributed by atoms with Crippen LogP contribution in [-0.2, 0) is 4.74 Å². The zero-order valence-corrected chi connectivity index (χ0v) is 10.3. The van der Waals surface area contributed by atoms with E-state index >= 15 is 0 Å². The molecule has 2 fully saturated rings. The maximum atomic E-state index is 12.0. The van der Waals surface area contributed by atoms with Crippen molar-refractivity contribution in [2.24, 2.45) is 5.41 Å². The topological polar surface area (TPSA) is 41.6 Å².